The lowest BCUT2D eigenvalue weighted by atomic mass is 9.99. The molecule has 2 fully saturated rings. The van der Waals surface area contributed by atoms with Crippen LogP contribution in [0.5, 0.6) is 0 Å². The van der Waals surface area contributed by atoms with Crippen molar-refractivity contribution in [1.29, 1.82) is 0 Å². The molecule has 1 atom stereocenters. The van der Waals surface area contributed by atoms with Gasteiger partial charge in [0.05, 0.1) is 19.8 Å². The molecular formula is C17H22N2O3. The number of hydrogen-bond donors (Lipinski definition) is 0. The number of hydrogen-bond acceptors (Lipinski definition) is 3. The monoisotopic (exact) mass is 302 g/mol. The van der Waals surface area contributed by atoms with Gasteiger partial charge in [0.2, 0.25) is 11.8 Å². The van der Waals surface area contributed by atoms with Crippen molar-refractivity contribution in [2.45, 2.75) is 12.8 Å². The van der Waals surface area contributed by atoms with Crippen LogP contribution in [-0.4, -0.2) is 61.0 Å². The third-order valence-electron chi connectivity index (χ3n) is 4.35. The van der Waals surface area contributed by atoms with Crippen molar-refractivity contribution in [3.8, 4) is 0 Å². The number of rotatable bonds is 4. The van der Waals surface area contributed by atoms with Crippen LogP contribution in [0.15, 0.2) is 30.3 Å². The molecule has 5 nitrogen and oxygen atoms in total. The van der Waals surface area contributed by atoms with Crippen LogP contribution in [0.2, 0.25) is 0 Å². The maximum Gasteiger partial charge on any atom is 0.242 e. The van der Waals surface area contributed by atoms with Crippen molar-refractivity contribution in [2.75, 3.05) is 39.4 Å². The second-order valence-electron chi connectivity index (χ2n) is 6.03. The van der Waals surface area contributed by atoms with Crippen molar-refractivity contribution in [2.24, 2.45) is 5.92 Å². The van der Waals surface area contributed by atoms with Gasteiger partial charge in [-0.1, -0.05) is 30.3 Å². The molecule has 118 valence electrons. The van der Waals surface area contributed by atoms with E-state index in [4.69, 9.17) is 4.74 Å². The van der Waals surface area contributed by atoms with E-state index < -0.39 is 0 Å². The molecule has 2 heterocycles. The van der Waals surface area contributed by atoms with Gasteiger partial charge in [0.15, 0.2) is 0 Å². The molecule has 22 heavy (non-hydrogen) atoms. The summed E-state index contributed by atoms with van der Waals surface area (Å²) >= 11 is 0. The van der Waals surface area contributed by atoms with E-state index in [0.29, 0.717) is 45.2 Å². The third-order valence-corrected chi connectivity index (χ3v) is 4.35. The minimum atomic E-state index is 0.0389. The quantitative estimate of drug-likeness (QED) is 0.831. The van der Waals surface area contributed by atoms with Crippen molar-refractivity contribution >= 4 is 11.8 Å². The predicted octanol–water partition coefficient (Wildman–Crippen LogP) is 0.936. The summed E-state index contributed by atoms with van der Waals surface area (Å²) in [6, 6.07) is 10.2. The van der Waals surface area contributed by atoms with Gasteiger partial charge in [-0.15, -0.1) is 0 Å². The number of carbonyl (C=O) groups excluding carboxylic acids is 2. The lowest BCUT2D eigenvalue weighted by Gasteiger charge is -2.28. The summed E-state index contributed by atoms with van der Waals surface area (Å²) < 4.78 is 5.25. The van der Waals surface area contributed by atoms with Crippen molar-refractivity contribution in [1.82, 2.24) is 9.80 Å². The second kappa shape index (κ2) is 6.92. The zero-order valence-electron chi connectivity index (χ0n) is 12.7. The highest BCUT2D eigenvalue weighted by atomic mass is 16.5. The number of morpholine rings is 1. The fourth-order valence-corrected chi connectivity index (χ4v) is 3.17. The lowest BCUT2D eigenvalue weighted by molar-refractivity contribution is -0.141. The summed E-state index contributed by atoms with van der Waals surface area (Å²) in [5, 5.41) is 0. The van der Waals surface area contributed by atoms with Crippen LogP contribution in [0, 0.1) is 5.92 Å². The maximum absolute atomic E-state index is 12.2. The number of carbonyl (C=O) groups is 2. The van der Waals surface area contributed by atoms with E-state index in [-0.39, 0.29) is 18.4 Å². The molecule has 2 aliphatic heterocycles. The van der Waals surface area contributed by atoms with E-state index in [2.05, 4.69) is 12.1 Å². The number of benzene rings is 1. The van der Waals surface area contributed by atoms with Crippen molar-refractivity contribution in [3.63, 3.8) is 0 Å². The Morgan fingerprint density at radius 1 is 1.18 bits per heavy atom. The number of nitrogens with zero attached hydrogens (tertiary/aromatic N) is 2. The van der Waals surface area contributed by atoms with E-state index in [0.717, 1.165) is 6.42 Å². The second-order valence-corrected chi connectivity index (χ2v) is 6.03. The topological polar surface area (TPSA) is 49.9 Å². The molecule has 0 aliphatic carbocycles. The molecule has 0 bridgehead atoms. The largest absolute Gasteiger partial charge is 0.378 e. The first kappa shape index (κ1) is 15.0. The van der Waals surface area contributed by atoms with Crippen LogP contribution in [0.3, 0.4) is 0 Å². The van der Waals surface area contributed by atoms with Crippen LogP contribution in [0.25, 0.3) is 0 Å². The van der Waals surface area contributed by atoms with Crippen molar-refractivity contribution in [3.05, 3.63) is 35.9 Å². The average molecular weight is 302 g/mol. The van der Waals surface area contributed by atoms with Gasteiger partial charge in [-0.3, -0.25) is 9.59 Å². The van der Waals surface area contributed by atoms with Crippen molar-refractivity contribution < 1.29 is 14.3 Å². The predicted molar refractivity (Wildman–Crippen MR) is 82.2 cm³/mol. The molecule has 0 radical (unpaired) electrons. The Bertz CT molecular complexity index is 526. The lowest BCUT2D eigenvalue weighted by Crippen LogP contribution is -2.46. The van der Waals surface area contributed by atoms with Crippen LogP contribution in [-0.2, 0) is 20.7 Å². The normalized spacial score (nSPS) is 22.2. The van der Waals surface area contributed by atoms with Gasteiger partial charge in [0.25, 0.3) is 0 Å². The highest BCUT2D eigenvalue weighted by Crippen LogP contribution is 2.22. The van der Waals surface area contributed by atoms with Crippen LogP contribution in [0.4, 0.5) is 0 Å². The Balaban J connectivity index is 1.52. The maximum atomic E-state index is 12.2. The Kier molecular flexibility index (Phi) is 4.73. The molecule has 0 spiro atoms. The number of amides is 2. The molecule has 2 saturated heterocycles. The third kappa shape index (κ3) is 3.65. The molecule has 0 N–H and O–H groups in total. The van der Waals surface area contributed by atoms with Gasteiger partial charge in [-0.2, -0.15) is 0 Å². The summed E-state index contributed by atoms with van der Waals surface area (Å²) in [7, 11) is 0. The zero-order valence-corrected chi connectivity index (χ0v) is 12.7. The van der Waals surface area contributed by atoms with E-state index in [9.17, 15) is 9.59 Å². The number of ether oxygens (including phenoxy) is 1. The summed E-state index contributed by atoms with van der Waals surface area (Å²) in [4.78, 5) is 27.9. The molecule has 3 rings (SSSR count). The SMILES string of the molecule is O=C(CN1CC(Cc2ccccc2)CC1=O)N1CCOCC1. The van der Waals surface area contributed by atoms with E-state index in [1.54, 1.807) is 9.80 Å². The Morgan fingerprint density at radius 3 is 2.64 bits per heavy atom. The van der Waals surface area contributed by atoms with Gasteiger partial charge in [-0.25, -0.2) is 0 Å². The summed E-state index contributed by atoms with van der Waals surface area (Å²) in [5.74, 6) is 0.451. The zero-order chi connectivity index (χ0) is 15.4. The molecular weight excluding hydrogens is 280 g/mol. The Morgan fingerprint density at radius 2 is 1.91 bits per heavy atom. The minimum absolute atomic E-state index is 0.0389. The van der Waals surface area contributed by atoms with Gasteiger partial charge < -0.3 is 14.5 Å². The first-order valence-electron chi connectivity index (χ1n) is 7.89. The molecule has 2 aliphatic rings. The van der Waals surface area contributed by atoms with E-state index >= 15 is 0 Å². The van der Waals surface area contributed by atoms with Crippen LogP contribution >= 0.6 is 0 Å². The highest BCUT2D eigenvalue weighted by molar-refractivity contribution is 5.86. The number of likely N-dealkylation sites (tertiary alicyclic amines) is 1. The smallest absolute Gasteiger partial charge is 0.242 e. The average Bonchev–Trinajstić information content (AvgIpc) is 2.88. The summed E-state index contributed by atoms with van der Waals surface area (Å²) in [6.45, 7) is 3.35. The summed E-state index contributed by atoms with van der Waals surface area (Å²) in [6.07, 6.45) is 1.44. The minimum Gasteiger partial charge on any atom is -0.378 e. The van der Waals surface area contributed by atoms with Gasteiger partial charge in [0.1, 0.15) is 0 Å². The molecule has 2 amide bonds. The summed E-state index contributed by atoms with van der Waals surface area (Å²) in [5.41, 5.74) is 1.25. The standard InChI is InChI=1S/C17H22N2O3/c20-16-11-15(10-14-4-2-1-3-5-14)12-19(16)13-17(21)18-6-8-22-9-7-18/h1-5,15H,6-13H2. The highest BCUT2D eigenvalue weighted by Gasteiger charge is 2.32. The first-order valence-corrected chi connectivity index (χ1v) is 7.89. The van der Waals surface area contributed by atoms with Gasteiger partial charge in [-0.05, 0) is 17.9 Å². The fourth-order valence-electron chi connectivity index (χ4n) is 3.17. The molecule has 1 aromatic carbocycles. The van der Waals surface area contributed by atoms with E-state index in [1.165, 1.54) is 5.56 Å². The first-order chi connectivity index (χ1) is 10.7. The van der Waals surface area contributed by atoms with Gasteiger partial charge >= 0.3 is 0 Å². The molecule has 0 aromatic heterocycles. The fraction of sp³-hybridized carbons (Fsp3) is 0.529. The Hall–Kier alpha value is -1.88. The van der Waals surface area contributed by atoms with Gasteiger partial charge in [0, 0.05) is 26.1 Å². The molecule has 0 saturated carbocycles. The van der Waals surface area contributed by atoms with E-state index in [1.807, 2.05) is 18.2 Å². The molecule has 5 heteroatoms. The van der Waals surface area contributed by atoms with Crippen LogP contribution in [0.1, 0.15) is 12.0 Å². The molecule has 1 aromatic rings. The molecule has 1 unspecified atom stereocenters. The van der Waals surface area contributed by atoms with Crippen LogP contribution < -0.4 is 0 Å². The Labute approximate surface area is 130 Å².